The van der Waals surface area contributed by atoms with Crippen LogP contribution in [0.5, 0.6) is 0 Å². The largest absolute Gasteiger partial charge is 0.395 e. The molecule has 2 aromatic rings. The second-order valence-corrected chi connectivity index (χ2v) is 5.27. The van der Waals surface area contributed by atoms with Crippen molar-refractivity contribution in [2.75, 3.05) is 25.1 Å². The Kier molecular flexibility index (Phi) is 5.78. The first-order chi connectivity index (χ1) is 10.2. The highest BCUT2D eigenvalue weighted by molar-refractivity contribution is 5.51. The van der Waals surface area contributed by atoms with E-state index >= 15 is 0 Å². The fourth-order valence-corrected chi connectivity index (χ4v) is 2.49. The summed E-state index contributed by atoms with van der Waals surface area (Å²) in [7, 11) is 1.96. The molecule has 0 saturated heterocycles. The van der Waals surface area contributed by atoms with Crippen LogP contribution in [0.2, 0.25) is 0 Å². The van der Waals surface area contributed by atoms with E-state index in [1.54, 1.807) is 0 Å². The maximum atomic E-state index is 9.33. The molecule has 21 heavy (non-hydrogen) atoms. The van der Waals surface area contributed by atoms with Gasteiger partial charge >= 0.3 is 0 Å². The van der Waals surface area contributed by atoms with Crippen molar-refractivity contribution in [3.05, 3.63) is 65.2 Å². The molecule has 0 amide bonds. The van der Waals surface area contributed by atoms with Gasteiger partial charge in [0, 0.05) is 25.3 Å². The Morgan fingerprint density at radius 3 is 2.48 bits per heavy atom. The Morgan fingerprint density at radius 2 is 1.86 bits per heavy atom. The third-order valence-electron chi connectivity index (χ3n) is 3.64. The summed E-state index contributed by atoms with van der Waals surface area (Å²) < 4.78 is 0. The van der Waals surface area contributed by atoms with Crippen molar-refractivity contribution in [3.63, 3.8) is 0 Å². The zero-order valence-electron chi connectivity index (χ0n) is 12.8. The number of aliphatic hydroxyl groups excluding tert-OH is 1. The molecule has 0 unspecified atom stereocenters. The zero-order chi connectivity index (χ0) is 15.1. The smallest absolute Gasteiger partial charge is 0.0606 e. The van der Waals surface area contributed by atoms with Crippen molar-refractivity contribution in [3.8, 4) is 0 Å². The highest BCUT2D eigenvalue weighted by Crippen LogP contribution is 2.21. The molecular weight excluding hydrogens is 260 g/mol. The van der Waals surface area contributed by atoms with Gasteiger partial charge in [-0.05, 0) is 42.8 Å². The molecule has 0 aliphatic rings. The lowest BCUT2D eigenvalue weighted by molar-refractivity contribution is 0.301. The Balaban J connectivity index is 2.19. The van der Waals surface area contributed by atoms with Crippen molar-refractivity contribution in [2.45, 2.75) is 20.0 Å². The number of rotatable bonds is 7. The molecule has 2 N–H and O–H groups in total. The maximum absolute atomic E-state index is 9.33. The molecule has 3 heteroatoms. The monoisotopic (exact) mass is 284 g/mol. The molecule has 0 aliphatic carbocycles. The molecule has 0 spiro atoms. The van der Waals surface area contributed by atoms with Crippen LogP contribution in [0.15, 0.2) is 48.5 Å². The fraction of sp³-hybridized carbons (Fsp3) is 0.333. The van der Waals surface area contributed by atoms with Gasteiger partial charge in [0.15, 0.2) is 0 Å². The average Bonchev–Trinajstić information content (AvgIpc) is 2.50. The minimum Gasteiger partial charge on any atom is -0.395 e. The van der Waals surface area contributed by atoms with Gasteiger partial charge in [-0.15, -0.1) is 0 Å². The normalized spacial score (nSPS) is 10.6. The number of aliphatic hydroxyl groups is 1. The van der Waals surface area contributed by atoms with Gasteiger partial charge in [0.05, 0.1) is 6.61 Å². The van der Waals surface area contributed by atoms with E-state index in [9.17, 15) is 5.11 Å². The van der Waals surface area contributed by atoms with Crippen LogP contribution >= 0.6 is 0 Å². The van der Waals surface area contributed by atoms with Crippen LogP contribution in [0.1, 0.15) is 16.7 Å². The summed E-state index contributed by atoms with van der Waals surface area (Å²) >= 11 is 0. The van der Waals surface area contributed by atoms with Gasteiger partial charge in [0.25, 0.3) is 0 Å². The van der Waals surface area contributed by atoms with Crippen LogP contribution in [-0.4, -0.2) is 25.3 Å². The van der Waals surface area contributed by atoms with Crippen molar-refractivity contribution in [2.24, 2.45) is 0 Å². The topological polar surface area (TPSA) is 35.5 Å². The van der Waals surface area contributed by atoms with Gasteiger partial charge in [-0.3, -0.25) is 0 Å². The molecule has 2 aromatic carbocycles. The number of anilines is 1. The van der Waals surface area contributed by atoms with Crippen LogP contribution in [0.3, 0.4) is 0 Å². The first kappa shape index (κ1) is 15.5. The summed E-state index contributed by atoms with van der Waals surface area (Å²) in [6.07, 6.45) is 0. The third-order valence-corrected chi connectivity index (χ3v) is 3.64. The van der Waals surface area contributed by atoms with Crippen LogP contribution in [0.4, 0.5) is 5.69 Å². The van der Waals surface area contributed by atoms with E-state index in [4.69, 9.17) is 0 Å². The van der Waals surface area contributed by atoms with Gasteiger partial charge in [-0.25, -0.2) is 0 Å². The molecular formula is C18H24N2O. The number of hydrogen-bond donors (Lipinski definition) is 2. The summed E-state index contributed by atoms with van der Waals surface area (Å²) in [4.78, 5) is 2.21. The molecule has 0 heterocycles. The van der Waals surface area contributed by atoms with E-state index in [1.165, 1.54) is 16.7 Å². The van der Waals surface area contributed by atoms with Gasteiger partial charge < -0.3 is 15.3 Å². The van der Waals surface area contributed by atoms with E-state index in [1.807, 2.05) is 25.2 Å². The average molecular weight is 284 g/mol. The first-order valence-electron chi connectivity index (χ1n) is 7.38. The number of nitrogens with zero attached hydrogens (tertiary/aromatic N) is 1. The Morgan fingerprint density at radius 1 is 1.10 bits per heavy atom. The molecule has 0 aromatic heterocycles. The Hall–Kier alpha value is -1.84. The summed E-state index contributed by atoms with van der Waals surface area (Å²) in [5.41, 5.74) is 5.00. The van der Waals surface area contributed by atoms with E-state index in [-0.39, 0.29) is 6.61 Å². The van der Waals surface area contributed by atoms with Crippen LogP contribution in [-0.2, 0) is 13.1 Å². The number of hydrogen-bond acceptors (Lipinski definition) is 3. The number of aryl methyl sites for hydroxylation is 1. The molecule has 3 nitrogen and oxygen atoms in total. The van der Waals surface area contributed by atoms with Crippen molar-refractivity contribution in [1.82, 2.24) is 5.32 Å². The molecule has 0 atom stereocenters. The van der Waals surface area contributed by atoms with Gasteiger partial charge in [0.2, 0.25) is 0 Å². The van der Waals surface area contributed by atoms with Crippen molar-refractivity contribution in [1.29, 1.82) is 0 Å². The lowest BCUT2D eigenvalue weighted by atomic mass is 10.1. The van der Waals surface area contributed by atoms with Crippen molar-refractivity contribution < 1.29 is 5.11 Å². The Labute approximate surface area is 127 Å². The van der Waals surface area contributed by atoms with E-state index in [0.29, 0.717) is 6.54 Å². The predicted octanol–water partition coefficient (Wildman–Crippen LogP) is 2.71. The van der Waals surface area contributed by atoms with Crippen LogP contribution < -0.4 is 10.2 Å². The molecule has 0 fully saturated rings. The fourth-order valence-electron chi connectivity index (χ4n) is 2.49. The first-order valence-corrected chi connectivity index (χ1v) is 7.38. The second-order valence-electron chi connectivity index (χ2n) is 5.27. The minimum atomic E-state index is 0.157. The van der Waals surface area contributed by atoms with Crippen LogP contribution in [0.25, 0.3) is 0 Å². The molecule has 112 valence electrons. The van der Waals surface area contributed by atoms with Gasteiger partial charge in [-0.1, -0.05) is 36.4 Å². The summed E-state index contributed by atoms with van der Waals surface area (Å²) in [6.45, 7) is 4.62. The van der Waals surface area contributed by atoms with Crippen LogP contribution in [0, 0.1) is 6.92 Å². The second kappa shape index (κ2) is 7.81. The lowest BCUT2D eigenvalue weighted by Crippen LogP contribution is -2.26. The third kappa shape index (κ3) is 4.31. The quantitative estimate of drug-likeness (QED) is 0.820. The minimum absolute atomic E-state index is 0.157. The van der Waals surface area contributed by atoms with Gasteiger partial charge in [-0.2, -0.15) is 0 Å². The SMILES string of the molecule is CNCc1ccc(N(CCO)Cc2ccccc2)cc1C. The molecule has 0 aliphatic heterocycles. The van der Waals surface area contributed by atoms with E-state index in [0.717, 1.165) is 18.8 Å². The molecule has 0 bridgehead atoms. The summed E-state index contributed by atoms with van der Waals surface area (Å²) in [5.74, 6) is 0. The number of nitrogens with one attached hydrogen (secondary N) is 1. The van der Waals surface area contributed by atoms with E-state index in [2.05, 4.69) is 47.5 Å². The molecule has 2 rings (SSSR count). The van der Waals surface area contributed by atoms with E-state index < -0.39 is 0 Å². The zero-order valence-corrected chi connectivity index (χ0v) is 12.8. The Bertz CT molecular complexity index is 554. The lowest BCUT2D eigenvalue weighted by Gasteiger charge is -2.25. The maximum Gasteiger partial charge on any atom is 0.0606 e. The summed E-state index contributed by atoms with van der Waals surface area (Å²) in [5, 5.41) is 12.5. The predicted molar refractivity (Wildman–Crippen MR) is 88.5 cm³/mol. The highest BCUT2D eigenvalue weighted by Gasteiger charge is 2.08. The summed E-state index contributed by atoms with van der Waals surface area (Å²) in [6, 6.07) is 16.9. The number of benzene rings is 2. The highest BCUT2D eigenvalue weighted by atomic mass is 16.3. The standard InChI is InChI=1S/C18H24N2O/c1-15-12-18(9-8-17(15)13-19-2)20(10-11-21)14-16-6-4-3-5-7-16/h3-9,12,19,21H,10-11,13-14H2,1-2H3. The van der Waals surface area contributed by atoms with Gasteiger partial charge in [0.1, 0.15) is 0 Å². The van der Waals surface area contributed by atoms with Crippen molar-refractivity contribution >= 4 is 5.69 Å². The molecule has 0 saturated carbocycles. The molecule has 0 radical (unpaired) electrons.